The minimum Gasteiger partial charge on any atom is -0.379 e. The quantitative estimate of drug-likeness (QED) is 0.379. The molecule has 0 saturated heterocycles. The smallest absolute Gasteiger partial charge is 0.222 e. The summed E-state index contributed by atoms with van der Waals surface area (Å²) in [5, 5.41) is 3.07. The van der Waals surface area contributed by atoms with E-state index in [0.29, 0.717) is 45.9 Å². The molecule has 0 saturated carbocycles. The van der Waals surface area contributed by atoms with E-state index in [1.54, 1.807) is 11.8 Å². The molecule has 1 amide bonds. The van der Waals surface area contributed by atoms with Gasteiger partial charge in [0.1, 0.15) is 0 Å². The summed E-state index contributed by atoms with van der Waals surface area (Å²) in [6.45, 7) is 5.55. The number of para-hydroxylation sites is 2. The molecule has 172 valence electrons. The van der Waals surface area contributed by atoms with Crippen molar-refractivity contribution in [3.05, 3.63) is 83.9 Å². The van der Waals surface area contributed by atoms with Crippen LogP contribution < -0.4 is 10.2 Å². The van der Waals surface area contributed by atoms with E-state index in [1.807, 2.05) is 37.3 Å². The van der Waals surface area contributed by atoms with Crippen LogP contribution in [0.1, 0.15) is 24.5 Å². The Morgan fingerprint density at radius 2 is 1.55 bits per heavy atom. The number of benzene rings is 3. The number of ether oxygens (including phenoxy) is 2. The Morgan fingerprint density at radius 1 is 0.879 bits per heavy atom. The van der Waals surface area contributed by atoms with Crippen molar-refractivity contribution in [3.8, 4) is 0 Å². The van der Waals surface area contributed by atoms with E-state index in [-0.39, 0.29) is 5.91 Å². The molecule has 33 heavy (non-hydrogen) atoms. The molecule has 6 heteroatoms. The number of hydrogen-bond donors (Lipinski definition) is 1. The van der Waals surface area contributed by atoms with Crippen molar-refractivity contribution in [1.82, 2.24) is 5.32 Å². The van der Waals surface area contributed by atoms with Crippen molar-refractivity contribution in [3.63, 3.8) is 0 Å². The topological polar surface area (TPSA) is 50.8 Å². The standard InChI is InChI=1S/C27H30N2O3S/c1-2-31-16-17-32-20-22-9-7-8-21(18-22)19-28-27(30)14-15-29-23-10-3-5-12-25(23)33-26-13-6-4-11-24(26)29/h3-13,18H,2,14-17,19-20H2,1H3,(H,28,30). The van der Waals surface area contributed by atoms with E-state index >= 15 is 0 Å². The number of nitrogens with zero attached hydrogens (tertiary/aromatic N) is 1. The number of hydrogen-bond acceptors (Lipinski definition) is 5. The normalized spacial score (nSPS) is 12.2. The molecule has 0 fully saturated rings. The molecule has 0 radical (unpaired) electrons. The lowest BCUT2D eigenvalue weighted by atomic mass is 10.1. The Kier molecular flexibility index (Phi) is 8.41. The van der Waals surface area contributed by atoms with Gasteiger partial charge >= 0.3 is 0 Å². The van der Waals surface area contributed by atoms with E-state index in [0.717, 1.165) is 22.5 Å². The number of carbonyl (C=O) groups is 1. The third-order valence-electron chi connectivity index (χ3n) is 5.42. The van der Waals surface area contributed by atoms with Crippen LogP contribution in [0, 0.1) is 0 Å². The van der Waals surface area contributed by atoms with Crippen LogP contribution in [0.25, 0.3) is 0 Å². The van der Waals surface area contributed by atoms with Crippen LogP contribution in [-0.2, 0) is 27.4 Å². The maximum absolute atomic E-state index is 12.7. The average molecular weight is 463 g/mol. The van der Waals surface area contributed by atoms with Crippen LogP contribution in [0.5, 0.6) is 0 Å². The van der Waals surface area contributed by atoms with Gasteiger partial charge in [-0.05, 0) is 42.3 Å². The zero-order valence-corrected chi connectivity index (χ0v) is 19.8. The molecule has 0 spiro atoms. The maximum Gasteiger partial charge on any atom is 0.222 e. The lowest BCUT2D eigenvalue weighted by Crippen LogP contribution is -2.29. The van der Waals surface area contributed by atoms with Crippen molar-refractivity contribution >= 4 is 29.0 Å². The summed E-state index contributed by atoms with van der Waals surface area (Å²) in [6.07, 6.45) is 0.424. The highest BCUT2D eigenvalue weighted by Gasteiger charge is 2.23. The van der Waals surface area contributed by atoms with Crippen molar-refractivity contribution in [2.75, 3.05) is 31.3 Å². The van der Waals surface area contributed by atoms with Crippen LogP contribution in [0.4, 0.5) is 11.4 Å². The molecule has 1 aliphatic heterocycles. The number of carbonyl (C=O) groups excluding carboxylic acids is 1. The summed E-state index contributed by atoms with van der Waals surface area (Å²) < 4.78 is 10.9. The van der Waals surface area contributed by atoms with Gasteiger partial charge in [0.05, 0.1) is 31.2 Å². The van der Waals surface area contributed by atoms with Crippen LogP contribution >= 0.6 is 11.8 Å². The lowest BCUT2D eigenvalue weighted by molar-refractivity contribution is -0.121. The first kappa shape index (κ1) is 23.4. The summed E-state index contributed by atoms with van der Waals surface area (Å²) in [7, 11) is 0. The van der Waals surface area contributed by atoms with E-state index in [1.165, 1.54) is 9.79 Å². The Bertz CT molecular complexity index is 1030. The molecular formula is C27H30N2O3S. The van der Waals surface area contributed by atoms with Gasteiger partial charge in [0.25, 0.3) is 0 Å². The Morgan fingerprint density at radius 3 is 2.27 bits per heavy atom. The lowest BCUT2D eigenvalue weighted by Gasteiger charge is -2.32. The molecule has 0 unspecified atom stereocenters. The fourth-order valence-corrected chi connectivity index (χ4v) is 4.90. The second kappa shape index (κ2) is 11.9. The molecule has 5 nitrogen and oxygen atoms in total. The molecule has 0 bridgehead atoms. The van der Waals surface area contributed by atoms with Crippen LogP contribution in [-0.4, -0.2) is 32.3 Å². The first-order valence-corrected chi connectivity index (χ1v) is 12.2. The Balaban J connectivity index is 1.30. The highest BCUT2D eigenvalue weighted by atomic mass is 32.2. The summed E-state index contributed by atoms with van der Waals surface area (Å²) in [5.74, 6) is 0.0431. The molecule has 1 heterocycles. The van der Waals surface area contributed by atoms with Crippen molar-refractivity contribution in [1.29, 1.82) is 0 Å². The zero-order valence-electron chi connectivity index (χ0n) is 19.0. The molecule has 3 aromatic carbocycles. The SMILES string of the molecule is CCOCCOCc1cccc(CNC(=O)CCN2c3ccccc3Sc3ccccc32)c1. The number of anilines is 2. The summed E-state index contributed by atoms with van der Waals surface area (Å²) >= 11 is 1.78. The second-order valence-corrected chi connectivity index (χ2v) is 8.87. The molecular weight excluding hydrogens is 432 g/mol. The van der Waals surface area contributed by atoms with E-state index in [2.05, 4.69) is 52.7 Å². The van der Waals surface area contributed by atoms with Gasteiger partial charge in [0.2, 0.25) is 5.91 Å². The molecule has 1 N–H and O–H groups in total. The monoisotopic (exact) mass is 462 g/mol. The van der Waals surface area contributed by atoms with Gasteiger partial charge in [0.15, 0.2) is 0 Å². The van der Waals surface area contributed by atoms with Crippen LogP contribution in [0.2, 0.25) is 0 Å². The second-order valence-electron chi connectivity index (χ2n) is 7.79. The van der Waals surface area contributed by atoms with E-state index in [9.17, 15) is 4.79 Å². The molecule has 0 aliphatic carbocycles. The number of fused-ring (bicyclic) bond motifs is 2. The largest absolute Gasteiger partial charge is 0.379 e. The Labute approximate surface area is 200 Å². The third-order valence-corrected chi connectivity index (χ3v) is 6.55. The molecule has 0 aromatic heterocycles. The van der Waals surface area contributed by atoms with E-state index < -0.39 is 0 Å². The van der Waals surface area contributed by atoms with Crippen molar-refractivity contribution < 1.29 is 14.3 Å². The predicted octanol–water partition coefficient (Wildman–Crippen LogP) is 5.55. The summed E-state index contributed by atoms with van der Waals surface area (Å²) in [4.78, 5) is 17.3. The van der Waals surface area contributed by atoms with Gasteiger partial charge in [-0.2, -0.15) is 0 Å². The highest BCUT2D eigenvalue weighted by molar-refractivity contribution is 7.99. The van der Waals surface area contributed by atoms with Gasteiger partial charge in [-0.1, -0.05) is 60.3 Å². The molecule has 3 aromatic rings. The van der Waals surface area contributed by atoms with Gasteiger partial charge in [-0.25, -0.2) is 0 Å². The average Bonchev–Trinajstić information content (AvgIpc) is 2.85. The van der Waals surface area contributed by atoms with Crippen LogP contribution in [0.3, 0.4) is 0 Å². The first-order valence-electron chi connectivity index (χ1n) is 11.4. The van der Waals surface area contributed by atoms with E-state index in [4.69, 9.17) is 9.47 Å². The zero-order chi connectivity index (χ0) is 22.9. The summed E-state index contributed by atoms with van der Waals surface area (Å²) in [5.41, 5.74) is 4.48. The number of rotatable bonds is 11. The van der Waals surface area contributed by atoms with Crippen molar-refractivity contribution in [2.45, 2.75) is 36.3 Å². The molecule has 4 rings (SSSR count). The number of nitrogens with one attached hydrogen (secondary N) is 1. The van der Waals surface area contributed by atoms with Gasteiger partial charge in [-0.3, -0.25) is 4.79 Å². The Hall–Kier alpha value is -2.80. The van der Waals surface area contributed by atoms with Gasteiger partial charge in [-0.15, -0.1) is 0 Å². The number of amides is 1. The highest BCUT2D eigenvalue weighted by Crippen LogP contribution is 2.47. The fraction of sp³-hybridized carbons (Fsp3) is 0.296. The minimum absolute atomic E-state index is 0.0431. The third kappa shape index (κ3) is 6.38. The maximum atomic E-state index is 12.7. The van der Waals surface area contributed by atoms with Crippen LogP contribution in [0.15, 0.2) is 82.6 Å². The van der Waals surface area contributed by atoms with Crippen molar-refractivity contribution in [2.24, 2.45) is 0 Å². The van der Waals surface area contributed by atoms with Gasteiger partial charge < -0.3 is 19.7 Å². The first-order chi connectivity index (χ1) is 16.2. The summed E-state index contributed by atoms with van der Waals surface area (Å²) in [6, 6.07) is 24.9. The minimum atomic E-state index is 0.0431. The predicted molar refractivity (Wildman–Crippen MR) is 133 cm³/mol. The molecule has 0 atom stereocenters. The van der Waals surface area contributed by atoms with Gasteiger partial charge in [0, 0.05) is 35.9 Å². The fourth-order valence-electron chi connectivity index (χ4n) is 3.81. The molecule has 1 aliphatic rings.